The number of aliphatic hydroxyl groups is 4. The van der Waals surface area contributed by atoms with Crippen molar-refractivity contribution in [3.05, 3.63) is 71.8 Å². The Balaban J connectivity index is 1.65. The molecule has 8 N–H and O–H groups in total. The summed E-state index contributed by atoms with van der Waals surface area (Å²) in [6.07, 6.45) is -3.49. The molecular weight excluding hydrogens is 502 g/mol. The predicted molar refractivity (Wildman–Crippen MR) is 146 cm³/mol. The molecule has 0 heterocycles. The largest absolute Gasteiger partial charge is 0.465 e. The fourth-order valence-electron chi connectivity index (χ4n) is 5.26. The van der Waals surface area contributed by atoms with Crippen molar-refractivity contribution in [2.75, 3.05) is 13.1 Å². The summed E-state index contributed by atoms with van der Waals surface area (Å²) in [4.78, 5) is 24.6. The first-order chi connectivity index (χ1) is 18.4. The van der Waals surface area contributed by atoms with Crippen molar-refractivity contribution in [1.29, 1.82) is 0 Å². The van der Waals surface area contributed by atoms with Gasteiger partial charge in [-0.1, -0.05) is 74.5 Å². The van der Waals surface area contributed by atoms with E-state index in [2.05, 4.69) is 16.0 Å². The van der Waals surface area contributed by atoms with Crippen LogP contribution in [0.25, 0.3) is 0 Å². The fourth-order valence-corrected chi connectivity index (χ4v) is 5.26. The fraction of sp³-hybridized carbons (Fsp3) is 0.517. The third-order valence-corrected chi connectivity index (χ3v) is 7.63. The Kier molecular flexibility index (Phi) is 10.5. The highest BCUT2D eigenvalue weighted by molar-refractivity contribution is 5.86. The number of rotatable bonds is 13. The normalized spacial score (nSPS) is 23.4. The van der Waals surface area contributed by atoms with E-state index in [0.29, 0.717) is 0 Å². The average Bonchev–Trinajstić information content (AvgIpc) is 3.10. The SMILES string of the molecule is CC1(C)CC(O)CC1(O)C(=O)N[C@@H](Cc1ccccc1)C(O)CNC[C@@H](O)[C@H](Cc1ccccc1)NC(=O)O. The Bertz CT molecular complexity index is 1070. The topological polar surface area (TPSA) is 171 Å². The highest BCUT2D eigenvalue weighted by atomic mass is 16.4. The Hall–Kier alpha value is -3.02. The number of carboxylic acid groups (broad SMARTS) is 1. The number of hydrogen-bond acceptors (Lipinski definition) is 7. The lowest BCUT2D eigenvalue weighted by molar-refractivity contribution is -0.151. The van der Waals surface area contributed by atoms with Crippen molar-refractivity contribution < 1.29 is 35.1 Å². The van der Waals surface area contributed by atoms with Gasteiger partial charge < -0.3 is 41.5 Å². The van der Waals surface area contributed by atoms with Crippen LogP contribution in [0, 0.1) is 5.41 Å². The molecule has 2 aromatic rings. The van der Waals surface area contributed by atoms with Crippen LogP contribution in [0.5, 0.6) is 0 Å². The molecule has 10 heteroatoms. The second-order valence-electron chi connectivity index (χ2n) is 11.1. The molecule has 214 valence electrons. The van der Waals surface area contributed by atoms with E-state index in [0.717, 1.165) is 11.1 Å². The van der Waals surface area contributed by atoms with Crippen LogP contribution in [-0.4, -0.2) is 86.6 Å². The number of amides is 2. The summed E-state index contributed by atoms with van der Waals surface area (Å²) < 4.78 is 0. The lowest BCUT2D eigenvalue weighted by Gasteiger charge is -2.37. The summed E-state index contributed by atoms with van der Waals surface area (Å²) in [5, 5.41) is 60.5. The van der Waals surface area contributed by atoms with Crippen LogP contribution < -0.4 is 16.0 Å². The second-order valence-corrected chi connectivity index (χ2v) is 11.1. The smallest absolute Gasteiger partial charge is 0.404 e. The van der Waals surface area contributed by atoms with Crippen molar-refractivity contribution in [3.8, 4) is 0 Å². The van der Waals surface area contributed by atoms with Crippen molar-refractivity contribution in [2.45, 2.75) is 75.5 Å². The van der Waals surface area contributed by atoms with Gasteiger partial charge in [0.25, 0.3) is 5.91 Å². The van der Waals surface area contributed by atoms with Gasteiger partial charge in [-0.15, -0.1) is 0 Å². The molecule has 3 rings (SSSR count). The van der Waals surface area contributed by atoms with Crippen LogP contribution in [0.1, 0.15) is 37.8 Å². The molecule has 3 unspecified atom stereocenters. The summed E-state index contributed by atoms with van der Waals surface area (Å²) in [6.45, 7) is 3.44. The second kappa shape index (κ2) is 13.4. The number of benzene rings is 2. The lowest BCUT2D eigenvalue weighted by atomic mass is 9.77. The molecule has 2 amide bonds. The molecular formula is C29H41N3O7. The standard InChI is InChI=1S/C29H41N3O7/c1-28(2)15-21(33)16-29(28,39)26(36)31-22(13-19-9-5-3-6-10-19)24(34)17-30-18-25(35)23(32-27(37)38)14-20-11-7-4-8-12-20/h3-12,21-25,30,32-35,39H,13-18H2,1-2H3,(H,31,36)(H,37,38)/t21?,22-,23-,24?,25+,29?/m0/s1. The first kappa shape index (κ1) is 30.5. The van der Waals surface area contributed by atoms with Gasteiger partial charge in [-0.3, -0.25) is 4.79 Å². The molecule has 1 fully saturated rings. The highest BCUT2D eigenvalue weighted by Gasteiger charge is 2.56. The van der Waals surface area contributed by atoms with Gasteiger partial charge in [-0.2, -0.15) is 0 Å². The third kappa shape index (κ3) is 8.23. The molecule has 6 atom stereocenters. The van der Waals surface area contributed by atoms with Crippen LogP contribution in [0.3, 0.4) is 0 Å². The maximum Gasteiger partial charge on any atom is 0.404 e. The van der Waals surface area contributed by atoms with Crippen molar-refractivity contribution >= 4 is 12.0 Å². The minimum absolute atomic E-state index is 0.00951. The summed E-state index contributed by atoms with van der Waals surface area (Å²) in [7, 11) is 0. The number of aliphatic hydroxyl groups excluding tert-OH is 3. The van der Waals surface area contributed by atoms with E-state index >= 15 is 0 Å². The van der Waals surface area contributed by atoms with Gasteiger partial charge in [0, 0.05) is 24.9 Å². The van der Waals surface area contributed by atoms with Crippen LogP contribution in [-0.2, 0) is 17.6 Å². The number of nitrogens with one attached hydrogen (secondary N) is 3. The van der Waals surface area contributed by atoms with Crippen molar-refractivity contribution in [1.82, 2.24) is 16.0 Å². The molecule has 10 nitrogen and oxygen atoms in total. The summed E-state index contributed by atoms with van der Waals surface area (Å²) >= 11 is 0. The molecule has 2 aromatic carbocycles. The van der Waals surface area contributed by atoms with E-state index < -0.39 is 53.4 Å². The molecule has 1 aliphatic carbocycles. The molecule has 0 radical (unpaired) electrons. The van der Waals surface area contributed by atoms with Gasteiger partial charge in [0.2, 0.25) is 0 Å². The Labute approximate surface area is 229 Å². The first-order valence-corrected chi connectivity index (χ1v) is 13.3. The summed E-state index contributed by atoms with van der Waals surface area (Å²) in [6, 6.07) is 16.9. The molecule has 0 bridgehead atoms. The number of carbonyl (C=O) groups excluding carboxylic acids is 1. The first-order valence-electron chi connectivity index (χ1n) is 13.3. The van der Waals surface area contributed by atoms with Gasteiger partial charge in [0.05, 0.1) is 30.4 Å². The summed E-state index contributed by atoms with van der Waals surface area (Å²) in [5.74, 6) is -0.655. The van der Waals surface area contributed by atoms with E-state index in [1.165, 1.54) is 0 Å². The monoisotopic (exact) mass is 543 g/mol. The van der Waals surface area contributed by atoms with Crippen LogP contribution in [0.15, 0.2) is 60.7 Å². The van der Waals surface area contributed by atoms with E-state index in [-0.39, 0.29) is 38.8 Å². The average molecular weight is 544 g/mol. The molecule has 1 saturated carbocycles. The van der Waals surface area contributed by atoms with E-state index in [1.54, 1.807) is 13.8 Å². The molecule has 0 saturated heterocycles. The maximum absolute atomic E-state index is 13.3. The molecule has 39 heavy (non-hydrogen) atoms. The minimum Gasteiger partial charge on any atom is -0.465 e. The van der Waals surface area contributed by atoms with Crippen LogP contribution in [0.2, 0.25) is 0 Å². The van der Waals surface area contributed by atoms with E-state index in [1.807, 2.05) is 60.7 Å². The van der Waals surface area contributed by atoms with Gasteiger partial charge in [0.15, 0.2) is 5.60 Å². The maximum atomic E-state index is 13.3. The zero-order valence-corrected chi connectivity index (χ0v) is 22.5. The molecule has 0 aliphatic heterocycles. The van der Waals surface area contributed by atoms with E-state index in [4.69, 9.17) is 0 Å². The number of carbonyl (C=O) groups is 2. The number of hydrogen-bond donors (Lipinski definition) is 8. The molecule has 1 aliphatic rings. The minimum atomic E-state index is -1.79. The van der Waals surface area contributed by atoms with Gasteiger partial charge in [-0.25, -0.2) is 4.79 Å². The van der Waals surface area contributed by atoms with Crippen LogP contribution in [0.4, 0.5) is 4.79 Å². The Morgan fingerprint density at radius 1 is 0.846 bits per heavy atom. The quantitative estimate of drug-likeness (QED) is 0.183. The Morgan fingerprint density at radius 3 is 1.72 bits per heavy atom. The lowest BCUT2D eigenvalue weighted by Crippen LogP contribution is -2.59. The van der Waals surface area contributed by atoms with E-state index in [9.17, 15) is 35.1 Å². The van der Waals surface area contributed by atoms with Crippen molar-refractivity contribution in [2.24, 2.45) is 5.41 Å². The van der Waals surface area contributed by atoms with Gasteiger partial charge >= 0.3 is 6.09 Å². The molecule has 0 spiro atoms. The van der Waals surface area contributed by atoms with Gasteiger partial charge in [0.1, 0.15) is 0 Å². The predicted octanol–water partition coefficient (Wildman–Crippen LogP) is 0.816. The zero-order chi connectivity index (χ0) is 28.6. The summed E-state index contributed by atoms with van der Waals surface area (Å²) in [5.41, 5.74) is -0.920. The van der Waals surface area contributed by atoms with Crippen molar-refractivity contribution in [3.63, 3.8) is 0 Å². The Morgan fingerprint density at radius 2 is 1.31 bits per heavy atom. The van der Waals surface area contributed by atoms with Crippen LogP contribution >= 0.6 is 0 Å². The van der Waals surface area contributed by atoms with Gasteiger partial charge in [-0.05, 0) is 30.4 Å². The zero-order valence-electron chi connectivity index (χ0n) is 22.5. The highest BCUT2D eigenvalue weighted by Crippen LogP contribution is 2.46. The third-order valence-electron chi connectivity index (χ3n) is 7.63. The molecule has 0 aromatic heterocycles.